The van der Waals surface area contributed by atoms with E-state index in [0.717, 1.165) is 5.39 Å². The number of hydrogen-bond donors (Lipinski definition) is 0. The van der Waals surface area contributed by atoms with Crippen LogP contribution in [-0.2, 0) is 11.3 Å². The second-order valence-corrected chi connectivity index (χ2v) is 2.99. The van der Waals surface area contributed by atoms with Gasteiger partial charge in [0.05, 0.1) is 6.54 Å². The summed E-state index contributed by atoms with van der Waals surface area (Å²) in [5.41, 5.74) is 0.732. The Hall–Kier alpha value is -2.19. The van der Waals surface area contributed by atoms with Crippen molar-refractivity contribution in [1.29, 1.82) is 0 Å². The molecule has 0 saturated carbocycles. The van der Waals surface area contributed by atoms with E-state index in [-0.39, 0.29) is 6.54 Å². The summed E-state index contributed by atoms with van der Waals surface area (Å²) in [5, 5.41) is 0.788. The zero-order chi connectivity index (χ0) is 10.7. The van der Waals surface area contributed by atoms with Crippen molar-refractivity contribution in [1.82, 2.24) is 0 Å². The molecule has 15 heavy (non-hydrogen) atoms. The first-order chi connectivity index (χ1) is 7.31. The molecule has 2 aromatic rings. The topological polar surface area (TPSA) is 59.6 Å². The quantitative estimate of drug-likeness (QED) is 0.421. The smallest absolute Gasteiger partial charge is 0.336 e. The lowest BCUT2D eigenvalue weighted by atomic mass is 10.1. The summed E-state index contributed by atoms with van der Waals surface area (Å²) in [4.78, 5) is 24.6. The van der Waals surface area contributed by atoms with Gasteiger partial charge in [0.25, 0.3) is 0 Å². The molecule has 2 rings (SSSR count). The Bertz CT molecular complexity index is 594. The Morgan fingerprint density at radius 1 is 1.33 bits per heavy atom. The minimum Gasteiger partial charge on any atom is -0.423 e. The number of nitrogens with zero attached hydrogens (tertiary/aromatic N) is 1. The molecular formula is C11H7NO3. The Morgan fingerprint density at radius 3 is 2.93 bits per heavy atom. The summed E-state index contributed by atoms with van der Waals surface area (Å²) in [7, 11) is 0. The van der Waals surface area contributed by atoms with Crippen LogP contribution >= 0.6 is 0 Å². The van der Waals surface area contributed by atoms with Crippen molar-refractivity contribution >= 4 is 17.0 Å². The van der Waals surface area contributed by atoms with Crippen LogP contribution in [0.3, 0.4) is 0 Å². The summed E-state index contributed by atoms with van der Waals surface area (Å²) in [6.07, 6.45) is 1.44. The molecule has 4 heteroatoms. The van der Waals surface area contributed by atoms with Gasteiger partial charge in [-0.2, -0.15) is 0 Å². The summed E-state index contributed by atoms with van der Waals surface area (Å²) >= 11 is 0. The third kappa shape index (κ3) is 1.85. The fourth-order valence-electron chi connectivity index (χ4n) is 1.43. The molecule has 1 aromatic heterocycles. The van der Waals surface area contributed by atoms with Crippen LogP contribution in [0.1, 0.15) is 5.56 Å². The van der Waals surface area contributed by atoms with Crippen LogP contribution < -0.4 is 5.63 Å². The molecule has 0 saturated heterocycles. The molecule has 0 aliphatic heterocycles. The summed E-state index contributed by atoms with van der Waals surface area (Å²) < 4.78 is 4.99. The van der Waals surface area contributed by atoms with Gasteiger partial charge in [0.15, 0.2) is 0 Å². The Kier molecular flexibility index (Phi) is 2.44. The lowest BCUT2D eigenvalue weighted by molar-refractivity contribution is 0.557. The molecular weight excluding hydrogens is 194 g/mol. The molecule has 0 aliphatic rings. The largest absolute Gasteiger partial charge is 0.423 e. The number of fused-ring (bicyclic) bond motifs is 1. The molecule has 4 nitrogen and oxygen atoms in total. The maximum Gasteiger partial charge on any atom is 0.336 e. The molecule has 1 aromatic carbocycles. The van der Waals surface area contributed by atoms with Gasteiger partial charge in [0, 0.05) is 11.5 Å². The van der Waals surface area contributed by atoms with Crippen LogP contribution in [-0.4, -0.2) is 6.08 Å². The van der Waals surface area contributed by atoms with Gasteiger partial charge in [-0.15, -0.1) is 0 Å². The molecule has 0 N–H and O–H groups in total. The Morgan fingerprint density at radius 2 is 2.13 bits per heavy atom. The first kappa shape index (κ1) is 9.37. The van der Waals surface area contributed by atoms with E-state index in [1.807, 2.05) is 12.1 Å². The maximum absolute atomic E-state index is 11.2. The van der Waals surface area contributed by atoms with E-state index in [2.05, 4.69) is 4.99 Å². The summed E-state index contributed by atoms with van der Waals surface area (Å²) in [6.45, 7) is 0.148. The molecule has 0 fully saturated rings. The van der Waals surface area contributed by atoms with Crippen LogP contribution in [0.2, 0.25) is 0 Å². The molecule has 0 aliphatic carbocycles. The number of para-hydroxylation sites is 1. The van der Waals surface area contributed by atoms with Crippen molar-refractivity contribution in [3.8, 4) is 0 Å². The van der Waals surface area contributed by atoms with Gasteiger partial charge in [-0.25, -0.2) is 14.6 Å². The SMILES string of the molecule is O=C=NCc1cc(=O)oc2ccccc12. The molecule has 0 amide bonds. The van der Waals surface area contributed by atoms with Crippen LogP contribution in [0, 0.1) is 0 Å². The van der Waals surface area contributed by atoms with Gasteiger partial charge >= 0.3 is 5.63 Å². The first-order valence-corrected chi connectivity index (χ1v) is 4.36. The highest BCUT2D eigenvalue weighted by molar-refractivity contribution is 5.79. The van der Waals surface area contributed by atoms with Crippen LogP contribution in [0.4, 0.5) is 0 Å². The Balaban J connectivity index is 2.70. The summed E-state index contributed by atoms with van der Waals surface area (Å²) in [5.74, 6) is 0. The van der Waals surface area contributed by atoms with E-state index >= 15 is 0 Å². The fraction of sp³-hybridized carbons (Fsp3) is 0.0909. The maximum atomic E-state index is 11.2. The number of isocyanates is 1. The molecule has 0 atom stereocenters. The van der Waals surface area contributed by atoms with Crippen molar-refractivity contribution in [3.63, 3.8) is 0 Å². The van der Waals surface area contributed by atoms with Gasteiger partial charge < -0.3 is 4.42 Å². The van der Waals surface area contributed by atoms with Crippen molar-refractivity contribution in [3.05, 3.63) is 46.3 Å². The van der Waals surface area contributed by atoms with E-state index in [9.17, 15) is 9.59 Å². The van der Waals surface area contributed by atoms with E-state index in [1.54, 1.807) is 12.1 Å². The predicted octanol–water partition coefficient (Wildman–Crippen LogP) is 1.63. The zero-order valence-corrected chi connectivity index (χ0v) is 7.77. The number of rotatable bonds is 2. The Labute approximate surface area is 84.9 Å². The lowest BCUT2D eigenvalue weighted by Gasteiger charge is -2.00. The number of benzene rings is 1. The number of carbonyl (C=O) groups excluding carboxylic acids is 1. The average molecular weight is 201 g/mol. The van der Waals surface area contributed by atoms with E-state index < -0.39 is 5.63 Å². The molecule has 1 heterocycles. The number of hydrogen-bond acceptors (Lipinski definition) is 4. The van der Waals surface area contributed by atoms with Crippen molar-refractivity contribution < 1.29 is 9.21 Å². The third-order valence-corrected chi connectivity index (χ3v) is 2.05. The van der Waals surface area contributed by atoms with Crippen molar-refractivity contribution in [2.75, 3.05) is 0 Å². The summed E-state index contributed by atoms with van der Waals surface area (Å²) in [6, 6.07) is 8.45. The fourth-order valence-corrected chi connectivity index (χ4v) is 1.43. The van der Waals surface area contributed by atoms with Gasteiger partial charge in [0.1, 0.15) is 5.58 Å². The first-order valence-electron chi connectivity index (χ1n) is 4.36. The van der Waals surface area contributed by atoms with E-state index in [0.29, 0.717) is 11.1 Å². The predicted molar refractivity (Wildman–Crippen MR) is 54.3 cm³/mol. The molecule has 74 valence electrons. The monoisotopic (exact) mass is 201 g/mol. The molecule has 0 bridgehead atoms. The molecule has 0 radical (unpaired) electrons. The zero-order valence-electron chi connectivity index (χ0n) is 7.77. The third-order valence-electron chi connectivity index (χ3n) is 2.05. The number of aliphatic imine (C=N–C) groups is 1. The van der Waals surface area contributed by atoms with Gasteiger partial charge in [-0.3, -0.25) is 0 Å². The van der Waals surface area contributed by atoms with Crippen LogP contribution in [0.15, 0.2) is 44.5 Å². The van der Waals surface area contributed by atoms with Crippen LogP contribution in [0.25, 0.3) is 11.0 Å². The lowest BCUT2D eigenvalue weighted by Crippen LogP contribution is -1.99. The molecule has 0 spiro atoms. The van der Waals surface area contributed by atoms with E-state index in [1.165, 1.54) is 12.1 Å². The van der Waals surface area contributed by atoms with Gasteiger partial charge in [-0.1, -0.05) is 18.2 Å². The standard InChI is InChI=1S/C11H7NO3/c13-7-12-6-8-5-11(14)15-10-4-2-1-3-9(8)10/h1-5H,6H2. The van der Waals surface area contributed by atoms with Crippen molar-refractivity contribution in [2.24, 2.45) is 4.99 Å². The highest BCUT2D eigenvalue weighted by Crippen LogP contribution is 2.16. The van der Waals surface area contributed by atoms with Crippen molar-refractivity contribution in [2.45, 2.75) is 6.54 Å². The van der Waals surface area contributed by atoms with E-state index in [4.69, 9.17) is 4.42 Å². The van der Waals surface area contributed by atoms with Gasteiger partial charge in [0.2, 0.25) is 6.08 Å². The molecule has 0 unspecified atom stereocenters. The normalized spacial score (nSPS) is 9.87. The average Bonchev–Trinajstić information content (AvgIpc) is 2.25. The second-order valence-electron chi connectivity index (χ2n) is 2.99. The highest BCUT2D eigenvalue weighted by Gasteiger charge is 2.03. The van der Waals surface area contributed by atoms with Gasteiger partial charge in [-0.05, 0) is 11.6 Å². The van der Waals surface area contributed by atoms with Crippen LogP contribution in [0.5, 0.6) is 0 Å². The highest BCUT2D eigenvalue weighted by atomic mass is 16.4. The minimum absolute atomic E-state index is 0.148. The minimum atomic E-state index is -0.440. The second kappa shape index (κ2) is 3.90.